The van der Waals surface area contributed by atoms with E-state index in [4.69, 9.17) is 31.1 Å². The van der Waals surface area contributed by atoms with Crippen LogP contribution in [0.5, 0.6) is 17.2 Å². The van der Waals surface area contributed by atoms with Crippen LogP contribution in [-0.4, -0.2) is 19.8 Å². The number of hydrogen-bond donors (Lipinski definition) is 0. The van der Waals surface area contributed by atoms with Crippen LogP contribution < -0.4 is 14.2 Å². The monoisotopic (exact) mass is 335 g/mol. The van der Waals surface area contributed by atoms with Crippen LogP contribution in [0, 0.1) is 17.1 Å². The third kappa shape index (κ3) is 4.76. The Bertz CT molecular complexity index is 698. The normalized spacial score (nSPS) is 10.0. The molecule has 0 saturated heterocycles. The number of rotatable bonds is 7. The molecule has 0 heterocycles. The molecule has 0 aliphatic carbocycles. The van der Waals surface area contributed by atoms with Gasteiger partial charge in [-0.25, -0.2) is 4.39 Å². The minimum Gasteiger partial charge on any atom is -0.490 e. The average Bonchev–Trinajstić information content (AvgIpc) is 2.55. The third-order valence-corrected chi connectivity index (χ3v) is 3.13. The van der Waals surface area contributed by atoms with Crippen LogP contribution in [0.15, 0.2) is 36.4 Å². The molecule has 0 fully saturated rings. The quantitative estimate of drug-likeness (QED) is 0.711. The lowest BCUT2D eigenvalue weighted by atomic mass is 10.2. The van der Waals surface area contributed by atoms with Crippen molar-refractivity contribution < 1.29 is 18.6 Å². The summed E-state index contributed by atoms with van der Waals surface area (Å²) in [6.45, 7) is 2.73. The maximum absolute atomic E-state index is 12.8. The number of halogens is 2. The van der Waals surface area contributed by atoms with Gasteiger partial charge in [0.15, 0.2) is 11.5 Å². The lowest BCUT2D eigenvalue weighted by Crippen LogP contribution is -2.10. The van der Waals surface area contributed by atoms with Gasteiger partial charge in [0, 0.05) is 6.07 Å². The lowest BCUT2D eigenvalue weighted by Gasteiger charge is -2.14. The van der Waals surface area contributed by atoms with Crippen LogP contribution in [0.4, 0.5) is 4.39 Å². The van der Waals surface area contributed by atoms with Gasteiger partial charge in [0.1, 0.15) is 24.8 Å². The maximum atomic E-state index is 12.8. The Balaban J connectivity index is 1.97. The molecule has 23 heavy (non-hydrogen) atoms. The van der Waals surface area contributed by atoms with E-state index in [0.717, 1.165) is 0 Å². The molecule has 120 valence electrons. The molecule has 4 nitrogen and oxygen atoms in total. The molecule has 2 rings (SSSR count). The molecular formula is C17H15ClFNO3. The number of nitrogens with zero attached hydrogens (tertiary/aromatic N) is 1. The molecule has 2 aromatic carbocycles. The number of hydrogen-bond acceptors (Lipinski definition) is 4. The Morgan fingerprint density at radius 3 is 2.43 bits per heavy atom. The summed E-state index contributed by atoms with van der Waals surface area (Å²) in [7, 11) is 0. The van der Waals surface area contributed by atoms with Gasteiger partial charge in [-0.05, 0) is 37.3 Å². The van der Waals surface area contributed by atoms with E-state index in [1.54, 1.807) is 6.07 Å². The summed E-state index contributed by atoms with van der Waals surface area (Å²) in [5.74, 6) is 1.01. The molecular weight excluding hydrogens is 321 g/mol. The highest BCUT2D eigenvalue weighted by molar-refractivity contribution is 6.32. The van der Waals surface area contributed by atoms with Crippen LogP contribution in [0.1, 0.15) is 12.5 Å². The summed E-state index contributed by atoms with van der Waals surface area (Å²) in [6.07, 6.45) is 0. The summed E-state index contributed by atoms with van der Waals surface area (Å²) >= 11 is 6.12. The van der Waals surface area contributed by atoms with Crippen molar-refractivity contribution in [2.45, 2.75) is 6.92 Å². The van der Waals surface area contributed by atoms with Gasteiger partial charge in [-0.15, -0.1) is 0 Å². The van der Waals surface area contributed by atoms with Crippen molar-refractivity contribution in [2.75, 3.05) is 19.8 Å². The summed E-state index contributed by atoms with van der Waals surface area (Å²) in [5.41, 5.74) is 0.397. The molecule has 0 aliphatic rings. The van der Waals surface area contributed by atoms with Crippen LogP contribution >= 0.6 is 11.6 Å². The highest BCUT2D eigenvalue weighted by Gasteiger charge is 2.12. The lowest BCUT2D eigenvalue weighted by molar-refractivity contribution is 0.208. The number of ether oxygens (including phenoxy) is 3. The summed E-state index contributed by atoms with van der Waals surface area (Å²) in [5, 5.41) is 9.25. The Kier molecular flexibility index (Phi) is 6.07. The van der Waals surface area contributed by atoms with Gasteiger partial charge < -0.3 is 14.2 Å². The van der Waals surface area contributed by atoms with E-state index in [2.05, 4.69) is 0 Å². The molecule has 0 amide bonds. The van der Waals surface area contributed by atoms with E-state index in [1.807, 2.05) is 13.0 Å². The minimum atomic E-state index is -0.320. The zero-order valence-electron chi connectivity index (χ0n) is 12.5. The van der Waals surface area contributed by atoms with Gasteiger partial charge in [0.2, 0.25) is 0 Å². The predicted octanol–water partition coefficient (Wildman–Crippen LogP) is 4.21. The topological polar surface area (TPSA) is 51.5 Å². The van der Waals surface area contributed by atoms with Gasteiger partial charge >= 0.3 is 0 Å². The largest absolute Gasteiger partial charge is 0.490 e. The van der Waals surface area contributed by atoms with Crippen molar-refractivity contribution in [1.29, 1.82) is 5.26 Å². The second-order valence-electron chi connectivity index (χ2n) is 4.48. The van der Waals surface area contributed by atoms with Gasteiger partial charge in [0.25, 0.3) is 0 Å². The summed E-state index contributed by atoms with van der Waals surface area (Å²) in [4.78, 5) is 0. The van der Waals surface area contributed by atoms with Crippen molar-refractivity contribution >= 4 is 11.6 Å². The SMILES string of the molecule is CCOc1cc(C#N)cc(Cl)c1OCCOc1ccc(F)cc1. The first-order valence-electron chi connectivity index (χ1n) is 7.01. The van der Waals surface area contributed by atoms with Crippen molar-refractivity contribution in [3.63, 3.8) is 0 Å². The first-order valence-corrected chi connectivity index (χ1v) is 7.39. The zero-order chi connectivity index (χ0) is 16.7. The van der Waals surface area contributed by atoms with E-state index in [-0.39, 0.29) is 19.0 Å². The maximum Gasteiger partial charge on any atom is 0.179 e. The van der Waals surface area contributed by atoms with Gasteiger partial charge in [0.05, 0.1) is 23.3 Å². The van der Waals surface area contributed by atoms with E-state index in [1.165, 1.54) is 30.3 Å². The average molecular weight is 336 g/mol. The van der Waals surface area contributed by atoms with E-state index in [9.17, 15) is 4.39 Å². The van der Waals surface area contributed by atoms with Crippen molar-refractivity contribution in [3.8, 4) is 23.3 Å². The van der Waals surface area contributed by atoms with Crippen molar-refractivity contribution in [2.24, 2.45) is 0 Å². The Morgan fingerprint density at radius 1 is 1.09 bits per heavy atom. The Labute approximate surface area is 139 Å². The Morgan fingerprint density at radius 2 is 1.78 bits per heavy atom. The van der Waals surface area contributed by atoms with Crippen LogP contribution in [-0.2, 0) is 0 Å². The van der Waals surface area contributed by atoms with E-state index < -0.39 is 0 Å². The standard InChI is InChI=1S/C17H15ClFNO3/c1-2-21-16-10-12(11-20)9-15(18)17(16)23-8-7-22-14-5-3-13(19)4-6-14/h3-6,9-10H,2,7-8H2,1H3. The van der Waals surface area contributed by atoms with Crippen LogP contribution in [0.2, 0.25) is 5.02 Å². The van der Waals surface area contributed by atoms with Crippen LogP contribution in [0.25, 0.3) is 0 Å². The predicted molar refractivity (Wildman–Crippen MR) is 84.7 cm³/mol. The molecule has 0 atom stereocenters. The fourth-order valence-electron chi connectivity index (χ4n) is 1.87. The highest BCUT2D eigenvalue weighted by atomic mass is 35.5. The summed E-state index contributed by atoms with van der Waals surface area (Å²) in [6, 6.07) is 10.8. The number of benzene rings is 2. The third-order valence-electron chi connectivity index (χ3n) is 2.85. The molecule has 0 aromatic heterocycles. The smallest absolute Gasteiger partial charge is 0.179 e. The fraction of sp³-hybridized carbons (Fsp3) is 0.235. The first kappa shape index (κ1) is 16.9. The van der Waals surface area contributed by atoms with Gasteiger partial charge in [-0.3, -0.25) is 0 Å². The zero-order valence-corrected chi connectivity index (χ0v) is 13.3. The molecule has 2 aromatic rings. The Hall–Kier alpha value is -2.45. The molecule has 0 aliphatic heterocycles. The molecule has 0 bridgehead atoms. The molecule has 0 radical (unpaired) electrons. The van der Waals surface area contributed by atoms with Gasteiger partial charge in [-0.1, -0.05) is 11.6 Å². The highest BCUT2D eigenvalue weighted by Crippen LogP contribution is 2.36. The second kappa shape index (κ2) is 8.25. The van der Waals surface area contributed by atoms with Crippen molar-refractivity contribution in [1.82, 2.24) is 0 Å². The van der Waals surface area contributed by atoms with Gasteiger partial charge in [-0.2, -0.15) is 5.26 Å². The fourth-order valence-corrected chi connectivity index (χ4v) is 2.13. The molecule has 0 N–H and O–H groups in total. The van der Waals surface area contributed by atoms with E-state index >= 15 is 0 Å². The number of nitriles is 1. The molecule has 0 unspecified atom stereocenters. The first-order chi connectivity index (χ1) is 11.1. The van der Waals surface area contributed by atoms with Crippen LogP contribution in [0.3, 0.4) is 0 Å². The molecule has 0 saturated carbocycles. The summed E-state index contributed by atoms with van der Waals surface area (Å²) < 4.78 is 29.3. The second-order valence-corrected chi connectivity index (χ2v) is 4.89. The molecule has 6 heteroatoms. The molecule has 0 spiro atoms. The van der Waals surface area contributed by atoms with Crippen molar-refractivity contribution in [3.05, 3.63) is 52.8 Å². The minimum absolute atomic E-state index is 0.225. The van der Waals surface area contributed by atoms with E-state index in [0.29, 0.717) is 34.4 Å².